The number of carbonyl (C=O) groups excluding carboxylic acids is 1. The molecule has 4 nitrogen and oxygen atoms in total. The van der Waals surface area contributed by atoms with Crippen LogP contribution in [0.4, 0.5) is 0 Å². The number of esters is 1. The Morgan fingerprint density at radius 3 is 2.94 bits per heavy atom. The van der Waals surface area contributed by atoms with Crippen LogP contribution in [0.3, 0.4) is 0 Å². The largest absolute Gasteiger partial charge is 0.465 e. The summed E-state index contributed by atoms with van der Waals surface area (Å²) >= 11 is 0. The average molecular weight is 256 g/mol. The van der Waals surface area contributed by atoms with Crippen LogP contribution >= 0.6 is 0 Å². The molecule has 1 rings (SSSR count). The Bertz CT molecular complexity index is 244. The van der Waals surface area contributed by atoms with Gasteiger partial charge in [0.2, 0.25) is 0 Å². The van der Waals surface area contributed by atoms with E-state index < -0.39 is 0 Å². The fourth-order valence-electron chi connectivity index (χ4n) is 2.33. The van der Waals surface area contributed by atoms with Gasteiger partial charge in [0, 0.05) is 12.6 Å². The predicted octanol–water partition coefficient (Wildman–Crippen LogP) is 1.65. The van der Waals surface area contributed by atoms with Crippen molar-refractivity contribution in [1.82, 2.24) is 10.2 Å². The zero-order chi connectivity index (χ0) is 13.4. The lowest BCUT2D eigenvalue weighted by molar-refractivity contribution is -0.144. The summed E-state index contributed by atoms with van der Waals surface area (Å²) in [7, 11) is 0. The maximum Gasteiger partial charge on any atom is 0.320 e. The maximum atomic E-state index is 11.4. The first-order chi connectivity index (χ1) is 8.61. The topological polar surface area (TPSA) is 41.6 Å². The summed E-state index contributed by atoms with van der Waals surface area (Å²) in [5.41, 5.74) is 0. The number of hydrogen-bond acceptors (Lipinski definition) is 4. The number of ether oxygens (including phenoxy) is 1. The number of piperidine rings is 1. The van der Waals surface area contributed by atoms with Crippen LogP contribution < -0.4 is 5.32 Å². The van der Waals surface area contributed by atoms with Gasteiger partial charge in [-0.15, -0.1) is 0 Å². The SMILES string of the molecule is CCOC(=O)CN1CCCC(NCCC(C)C)C1. The lowest BCUT2D eigenvalue weighted by atomic mass is 10.0. The zero-order valence-electron chi connectivity index (χ0n) is 12.1. The fourth-order valence-corrected chi connectivity index (χ4v) is 2.33. The van der Waals surface area contributed by atoms with E-state index in [2.05, 4.69) is 24.1 Å². The average Bonchev–Trinajstić information content (AvgIpc) is 2.29. The van der Waals surface area contributed by atoms with Crippen molar-refractivity contribution in [2.24, 2.45) is 5.92 Å². The highest BCUT2D eigenvalue weighted by molar-refractivity contribution is 5.71. The van der Waals surface area contributed by atoms with Crippen molar-refractivity contribution in [3.63, 3.8) is 0 Å². The van der Waals surface area contributed by atoms with Gasteiger partial charge in [-0.25, -0.2) is 0 Å². The van der Waals surface area contributed by atoms with Crippen LogP contribution in [0.2, 0.25) is 0 Å². The Kier molecular flexibility index (Phi) is 7.28. The second kappa shape index (κ2) is 8.48. The third-order valence-corrected chi connectivity index (χ3v) is 3.32. The summed E-state index contributed by atoms with van der Waals surface area (Å²) in [6.45, 7) is 10.3. The zero-order valence-corrected chi connectivity index (χ0v) is 12.1. The van der Waals surface area contributed by atoms with Crippen molar-refractivity contribution in [3.05, 3.63) is 0 Å². The van der Waals surface area contributed by atoms with E-state index in [9.17, 15) is 4.79 Å². The number of nitrogens with zero attached hydrogens (tertiary/aromatic N) is 1. The Balaban J connectivity index is 2.21. The first kappa shape index (κ1) is 15.4. The van der Waals surface area contributed by atoms with Gasteiger partial charge in [-0.2, -0.15) is 0 Å². The van der Waals surface area contributed by atoms with Crippen LogP contribution in [0.5, 0.6) is 0 Å². The van der Waals surface area contributed by atoms with Crippen LogP contribution in [0.1, 0.15) is 40.0 Å². The van der Waals surface area contributed by atoms with Crippen LogP contribution in [-0.4, -0.2) is 49.7 Å². The van der Waals surface area contributed by atoms with Crippen LogP contribution in [0.25, 0.3) is 0 Å². The Hall–Kier alpha value is -0.610. The highest BCUT2D eigenvalue weighted by atomic mass is 16.5. The maximum absolute atomic E-state index is 11.4. The summed E-state index contributed by atoms with van der Waals surface area (Å²) in [5, 5.41) is 3.59. The minimum atomic E-state index is -0.0969. The second-order valence-corrected chi connectivity index (χ2v) is 5.52. The number of nitrogens with one attached hydrogen (secondary N) is 1. The Morgan fingerprint density at radius 2 is 2.28 bits per heavy atom. The van der Waals surface area contributed by atoms with Crippen LogP contribution in [-0.2, 0) is 9.53 Å². The van der Waals surface area contributed by atoms with E-state index in [1.165, 1.54) is 19.3 Å². The van der Waals surface area contributed by atoms with Crippen molar-refractivity contribution in [3.8, 4) is 0 Å². The monoisotopic (exact) mass is 256 g/mol. The standard InChI is InChI=1S/C14H28N2O2/c1-4-18-14(17)11-16-9-5-6-13(10-16)15-8-7-12(2)3/h12-13,15H,4-11H2,1-3H3. The molecule has 4 heteroatoms. The summed E-state index contributed by atoms with van der Waals surface area (Å²) in [6, 6.07) is 0.534. The molecule has 0 aromatic rings. The summed E-state index contributed by atoms with van der Waals surface area (Å²) < 4.78 is 4.99. The normalized spacial score (nSPS) is 21.2. The summed E-state index contributed by atoms with van der Waals surface area (Å²) in [6.07, 6.45) is 3.60. The molecule has 1 aliphatic rings. The van der Waals surface area contributed by atoms with Crippen molar-refractivity contribution in [2.75, 3.05) is 32.8 Å². The molecule has 0 bridgehead atoms. The van der Waals surface area contributed by atoms with Crippen LogP contribution in [0.15, 0.2) is 0 Å². The molecule has 0 radical (unpaired) electrons. The molecule has 1 heterocycles. The number of carbonyl (C=O) groups is 1. The van der Waals surface area contributed by atoms with Crippen molar-refractivity contribution in [2.45, 2.75) is 46.1 Å². The molecular weight excluding hydrogens is 228 g/mol. The van der Waals surface area contributed by atoms with Gasteiger partial charge in [-0.3, -0.25) is 9.69 Å². The molecule has 1 fully saturated rings. The Labute approximate surface area is 111 Å². The molecule has 0 amide bonds. The van der Waals surface area contributed by atoms with Crippen molar-refractivity contribution >= 4 is 5.97 Å². The lowest BCUT2D eigenvalue weighted by Crippen LogP contribution is -2.47. The molecule has 1 saturated heterocycles. The van der Waals surface area contributed by atoms with E-state index in [1.807, 2.05) is 6.92 Å². The van der Waals surface area contributed by atoms with Gasteiger partial charge in [0.1, 0.15) is 0 Å². The first-order valence-electron chi connectivity index (χ1n) is 7.23. The van der Waals surface area contributed by atoms with E-state index in [0.717, 1.165) is 25.6 Å². The van der Waals surface area contributed by atoms with E-state index in [4.69, 9.17) is 4.74 Å². The minimum absolute atomic E-state index is 0.0969. The molecule has 1 N–H and O–H groups in total. The lowest BCUT2D eigenvalue weighted by Gasteiger charge is -2.32. The molecule has 0 saturated carbocycles. The summed E-state index contributed by atoms with van der Waals surface area (Å²) in [4.78, 5) is 13.6. The third-order valence-electron chi connectivity index (χ3n) is 3.32. The smallest absolute Gasteiger partial charge is 0.320 e. The number of rotatable bonds is 7. The van der Waals surface area contributed by atoms with Gasteiger partial charge in [0.15, 0.2) is 0 Å². The summed E-state index contributed by atoms with van der Waals surface area (Å²) in [5.74, 6) is 0.650. The highest BCUT2D eigenvalue weighted by Crippen LogP contribution is 2.10. The molecule has 0 aliphatic carbocycles. The number of likely N-dealkylation sites (tertiary alicyclic amines) is 1. The molecule has 18 heavy (non-hydrogen) atoms. The van der Waals surface area contributed by atoms with Gasteiger partial charge >= 0.3 is 5.97 Å². The quantitative estimate of drug-likeness (QED) is 0.703. The molecule has 0 aromatic heterocycles. The molecule has 106 valence electrons. The molecule has 0 spiro atoms. The van der Waals surface area contributed by atoms with E-state index in [-0.39, 0.29) is 5.97 Å². The van der Waals surface area contributed by atoms with E-state index in [1.54, 1.807) is 0 Å². The van der Waals surface area contributed by atoms with E-state index >= 15 is 0 Å². The van der Waals surface area contributed by atoms with Crippen molar-refractivity contribution in [1.29, 1.82) is 0 Å². The van der Waals surface area contributed by atoms with Gasteiger partial charge in [0.25, 0.3) is 0 Å². The Morgan fingerprint density at radius 1 is 1.50 bits per heavy atom. The van der Waals surface area contributed by atoms with Crippen molar-refractivity contribution < 1.29 is 9.53 Å². The molecule has 0 aromatic carbocycles. The fraction of sp³-hybridized carbons (Fsp3) is 0.929. The predicted molar refractivity (Wildman–Crippen MR) is 73.6 cm³/mol. The second-order valence-electron chi connectivity index (χ2n) is 5.52. The molecular formula is C14H28N2O2. The van der Waals surface area contributed by atoms with Gasteiger partial charge in [-0.05, 0) is 45.2 Å². The van der Waals surface area contributed by atoms with Gasteiger partial charge in [-0.1, -0.05) is 13.8 Å². The van der Waals surface area contributed by atoms with E-state index in [0.29, 0.717) is 19.2 Å². The third kappa shape index (κ3) is 6.36. The number of hydrogen-bond donors (Lipinski definition) is 1. The van der Waals surface area contributed by atoms with Gasteiger partial charge < -0.3 is 10.1 Å². The van der Waals surface area contributed by atoms with Crippen LogP contribution in [0, 0.1) is 5.92 Å². The minimum Gasteiger partial charge on any atom is -0.465 e. The molecule has 1 unspecified atom stereocenters. The van der Waals surface area contributed by atoms with Gasteiger partial charge in [0.05, 0.1) is 13.2 Å². The first-order valence-corrected chi connectivity index (χ1v) is 7.23. The molecule has 1 atom stereocenters. The molecule has 1 aliphatic heterocycles. The highest BCUT2D eigenvalue weighted by Gasteiger charge is 2.21.